The lowest BCUT2D eigenvalue weighted by atomic mass is 10.1. The Kier molecular flexibility index (Phi) is 6.89. The number of benzene rings is 2. The molecular formula is C23H27N3O3. The van der Waals surface area contributed by atoms with Gasteiger partial charge < -0.3 is 14.4 Å². The van der Waals surface area contributed by atoms with Crippen LogP contribution in [0.4, 0.5) is 0 Å². The second-order valence-electron chi connectivity index (χ2n) is 6.77. The molecule has 0 aliphatic rings. The fourth-order valence-corrected chi connectivity index (χ4v) is 3.15. The number of aryl methyl sites for hydroxylation is 1. The fraction of sp³-hybridized carbons (Fsp3) is 0.304. The third kappa shape index (κ3) is 5.16. The van der Waals surface area contributed by atoms with Crippen LogP contribution >= 0.6 is 0 Å². The summed E-state index contributed by atoms with van der Waals surface area (Å²) in [6.45, 7) is 3.06. The molecule has 0 saturated carbocycles. The highest BCUT2D eigenvalue weighted by atomic mass is 16.5. The Labute approximate surface area is 171 Å². The van der Waals surface area contributed by atoms with Crippen molar-refractivity contribution in [2.24, 2.45) is 0 Å². The van der Waals surface area contributed by atoms with E-state index in [4.69, 9.17) is 9.47 Å². The number of rotatable bonds is 9. The Morgan fingerprint density at radius 3 is 2.62 bits per heavy atom. The van der Waals surface area contributed by atoms with Crippen molar-refractivity contribution in [2.75, 3.05) is 27.3 Å². The number of carbonyl (C=O) groups excluding carboxylic acids is 1. The highest BCUT2D eigenvalue weighted by Gasteiger charge is 2.15. The summed E-state index contributed by atoms with van der Waals surface area (Å²) in [6.07, 6.45) is 1.66. The zero-order valence-electron chi connectivity index (χ0n) is 17.1. The second-order valence-corrected chi connectivity index (χ2v) is 6.77. The van der Waals surface area contributed by atoms with Crippen LogP contribution in [0.15, 0.2) is 54.6 Å². The van der Waals surface area contributed by atoms with Gasteiger partial charge in [0, 0.05) is 30.4 Å². The minimum absolute atomic E-state index is 0.0387. The first-order valence-corrected chi connectivity index (χ1v) is 9.78. The molecule has 3 rings (SSSR count). The summed E-state index contributed by atoms with van der Waals surface area (Å²) < 4.78 is 10.9. The molecule has 0 unspecified atom stereocenters. The highest BCUT2D eigenvalue weighted by Crippen LogP contribution is 2.28. The van der Waals surface area contributed by atoms with E-state index in [2.05, 4.69) is 16.3 Å². The number of aromatic amines is 1. The van der Waals surface area contributed by atoms with Crippen LogP contribution in [0.1, 0.15) is 29.4 Å². The molecule has 29 heavy (non-hydrogen) atoms. The van der Waals surface area contributed by atoms with Crippen molar-refractivity contribution in [3.63, 3.8) is 0 Å². The van der Waals surface area contributed by atoms with E-state index in [1.807, 2.05) is 44.3 Å². The average Bonchev–Trinajstić information content (AvgIpc) is 3.23. The molecule has 1 amide bonds. The Hall–Kier alpha value is -3.28. The van der Waals surface area contributed by atoms with E-state index >= 15 is 0 Å². The van der Waals surface area contributed by atoms with E-state index in [1.165, 1.54) is 0 Å². The zero-order valence-corrected chi connectivity index (χ0v) is 17.1. The molecule has 6 heteroatoms. The smallest absolute Gasteiger partial charge is 0.253 e. The monoisotopic (exact) mass is 393 g/mol. The minimum Gasteiger partial charge on any atom is -0.493 e. The normalized spacial score (nSPS) is 10.6. The molecule has 2 aromatic carbocycles. The molecule has 0 spiro atoms. The molecule has 0 aliphatic heterocycles. The van der Waals surface area contributed by atoms with Gasteiger partial charge in [0.05, 0.1) is 19.4 Å². The molecule has 0 aliphatic carbocycles. The lowest BCUT2D eigenvalue weighted by Gasteiger charge is -2.18. The SMILES string of the molecule is CCOc1cc(C(=O)N(C)CCCc2cc(-c3ccccc3)n[nH]2)ccc1OC. The number of nitrogens with zero attached hydrogens (tertiary/aromatic N) is 2. The fourth-order valence-electron chi connectivity index (χ4n) is 3.15. The first-order chi connectivity index (χ1) is 14.1. The summed E-state index contributed by atoms with van der Waals surface area (Å²) in [5.41, 5.74) is 3.68. The number of nitrogens with one attached hydrogen (secondary N) is 1. The molecule has 6 nitrogen and oxygen atoms in total. The van der Waals surface area contributed by atoms with Gasteiger partial charge in [-0.15, -0.1) is 0 Å². The van der Waals surface area contributed by atoms with E-state index in [0.29, 0.717) is 30.2 Å². The van der Waals surface area contributed by atoms with E-state index < -0.39 is 0 Å². The van der Waals surface area contributed by atoms with Gasteiger partial charge in [0.15, 0.2) is 11.5 Å². The van der Waals surface area contributed by atoms with Crippen LogP contribution in [0.2, 0.25) is 0 Å². The van der Waals surface area contributed by atoms with Crippen molar-refractivity contribution in [3.8, 4) is 22.8 Å². The molecule has 152 valence electrons. The molecule has 0 saturated heterocycles. The van der Waals surface area contributed by atoms with Gasteiger partial charge >= 0.3 is 0 Å². The summed E-state index contributed by atoms with van der Waals surface area (Å²) in [5.74, 6) is 1.17. The number of hydrogen-bond acceptors (Lipinski definition) is 4. The number of aromatic nitrogens is 2. The predicted octanol–water partition coefficient (Wildman–Crippen LogP) is 4.19. The molecule has 3 aromatic rings. The van der Waals surface area contributed by atoms with Crippen molar-refractivity contribution < 1.29 is 14.3 Å². The Morgan fingerprint density at radius 2 is 1.90 bits per heavy atom. The van der Waals surface area contributed by atoms with Crippen molar-refractivity contribution in [1.82, 2.24) is 15.1 Å². The third-order valence-electron chi connectivity index (χ3n) is 4.70. The second kappa shape index (κ2) is 9.78. The van der Waals surface area contributed by atoms with Crippen LogP contribution in [0.3, 0.4) is 0 Å². The van der Waals surface area contributed by atoms with Crippen LogP contribution in [0, 0.1) is 0 Å². The predicted molar refractivity (Wildman–Crippen MR) is 113 cm³/mol. The van der Waals surface area contributed by atoms with E-state index in [9.17, 15) is 4.79 Å². The lowest BCUT2D eigenvalue weighted by molar-refractivity contribution is 0.0793. The quantitative estimate of drug-likeness (QED) is 0.592. The molecule has 0 atom stereocenters. The minimum atomic E-state index is -0.0387. The lowest BCUT2D eigenvalue weighted by Crippen LogP contribution is -2.28. The maximum Gasteiger partial charge on any atom is 0.253 e. The van der Waals surface area contributed by atoms with Crippen LogP contribution in [-0.2, 0) is 6.42 Å². The van der Waals surface area contributed by atoms with Crippen LogP contribution in [0.5, 0.6) is 11.5 Å². The molecule has 1 heterocycles. The molecule has 0 fully saturated rings. The van der Waals surface area contributed by atoms with Crippen molar-refractivity contribution in [1.29, 1.82) is 0 Å². The van der Waals surface area contributed by atoms with Gasteiger partial charge in [-0.2, -0.15) is 5.10 Å². The summed E-state index contributed by atoms with van der Waals surface area (Å²) in [5, 5.41) is 7.47. The highest BCUT2D eigenvalue weighted by molar-refractivity contribution is 5.94. The number of ether oxygens (including phenoxy) is 2. The van der Waals surface area contributed by atoms with Crippen LogP contribution in [0.25, 0.3) is 11.3 Å². The zero-order chi connectivity index (χ0) is 20.6. The first-order valence-electron chi connectivity index (χ1n) is 9.78. The number of amides is 1. The van der Waals surface area contributed by atoms with E-state index in [1.54, 1.807) is 30.2 Å². The molecule has 1 aromatic heterocycles. The molecule has 0 bridgehead atoms. The van der Waals surface area contributed by atoms with Gasteiger partial charge in [-0.1, -0.05) is 30.3 Å². The Bertz CT molecular complexity index is 938. The van der Waals surface area contributed by atoms with Crippen molar-refractivity contribution >= 4 is 5.91 Å². The van der Waals surface area contributed by atoms with Gasteiger partial charge in [-0.3, -0.25) is 9.89 Å². The van der Waals surface area contributed by atoms with E-state index in [0.717, 1.165) is 29.8 Å². The van der Waals surface area contributed by atoms with Crippen LogP contribution in [-0.4, -0.2) is 48.3 Å². The Balaban J connectivity index is 1.55. The van der Waals surface area contributed by atoms with Gasteiger partial charge in [0.2, 0.25) is 0 Å². The molecular weight excluding hydrogens is 366 g/mol. The number of methoxy groups -OCH3 is 1. The third-order valence-corrected chi connectivity index (χ3v) is 4.70. The maximum absolute atomic E-state index is 12.7. The summed E-state index contributed by atoms with van der Waals surface area (Å²) in [4.78, 5) is 14.5. The topological polar surface area (TPSA) is 67.5 Å². The standard InChI is InChI=1S/C23H27N3O3/c1-4-29-22-15-18(12-13-21(22)28-3)23(27)26(2)14-8-11-19-16-20(25-24-19)17-9-6-5-7-10-17/h5-7,9-10,12-13,15-16H,4,8,11,14H2,1-3H3,(H,24,25). The average molecular weight is 393 g/mol. The molecule has 0 radical (unpaired) electrons. The summed E-state index contributed by atoms with van der Waals surface area (Å²) in [7, 11) is 3.40. The number of H-pyrrole nitrogens is 1. The summed E-state index contributed by atoms with van der Waals surface area (Å²) in [6, 6.07) is 17.4. The van der Waals surface area contributed by atoms with Gasteiger partial charge in [-0.05, 0) is 44.0 Å². The van der Waals surface area contributed by atoms with Gasteiger partial charge in [-0.25, -0.2) is 0 Å². The summed E-state index contributed by atoms with van der Waals surface area (Å²) >= 11 is 0. The number of carbonyl (C=O) groups is 1. The van der Waals surface area contributed by atoms with Gasteiger partial charge in [0.25, 0.3) is 5.91 Å². The first kappa shape index (κ1) is 20.5. The number of hydrogen-bond donors (Lipinski definition) is 1. The van der Waals surface area contributed by atoms with E-state index in [-0.39, 0.29) is 5.91 Å². The van der Waals surface area contributed by atoms with Crippen molar-refractivity contribution in [3.05, 3.63) is 65.9 Å². The maximum atomic E-state index is 12.7. The van der Waals surface area contributed by atoms with Gasteiger partial charge in [0.1, 0.15) is 0 Å². The Morgan fingerprint density at radius 1 is 1.10 bits per heavy atom. The largest absolute Gasteiger partial charge is 0.493 e. The van der Waals surface area contributed by atoms with Crippen molar-refractivity contribution in [2.45, 2.75) is 19.8 Å². The molecule has 1 N–H and O–H groups in total. The van der Waals surface area contributed by atoms with Crippen LogP contribution < -0.4 is 9.47 Å².